The van der Waals surface area contributed by atoms with Crippen molar-refractivity contribution in [2.75, 3.05) is 10.0 Å². The van der Waals surface area contributed by atoms with Gasteiger partial charge in [-0.1, -0.05) is 11.6 Å². The molecule has 4 rings (SSSR count). The predicted octanol–water partition coefficient (Wildman–Crippen LogP) is 4.50. The van der Waals surface area contributed by atoms with Crippen LogP contribution in [0.5, 0.6) is 0 Å². The van der Waals surface area contributed by atoms with Crippen molar-refractivity contribution in [3.05, 3.63) is 70.8 Å². The smallest absolute Gasteiger partial charge is 0.263 e. The molecular weight excluding hydrogens is 444 g/mol. The van der Waals surface area contributed by atoms with Gasteiger partial charge in [0.2, 0.25) is 5.91 Å². The van der Waals surface area contributed by atoms with E-state index in [4.69, 9.17) is 11.6 Å². The molecule has 0 aliphatic rings. The zero-order valence-corrected chi connectivity index (χ0v) is 18.2. The van der Waals surface area contributed by atoms with Crippen LogP contribution in [0.2, 0.25) is 5.02 Å². The molecule has 0 fully saturated rings. The molecule has 30 heavy (non-hydrogen) atoms. The van der Waals surface area contributed by atoms with Crippen LogP contribution in [0.1, 0.15) is 5.69 Å². The number of benzene rings is 2. The third-order valence-electron chi connectivity index (χ3n) is 4.47. The van der Waals surface area contributed by atoms with Crippen molar-refractivity contribution in [2.24, 2.45) is 0 Å². The van der Waals surface area contributed by atoms with E-state index in [1.165, 1.54) is 29.7 Å². The van der Waals surface area contributed by atoms with E-state index in [-0.39, 0.29) is 17.3 Å². The first-order valence-corrected chi connectivity index (χ1v) is 11.6. The second-order valence-electron chi connectivity index (χ2n) is 6.59. The predicted molar refractivity (Wildman–Crippen MR) is 120 cm³/mol. The van der Waals surface area contributed by atoms with E-state index < -0.39 is 10.0 Å². The lowest BCUT2D eigenvalue weighted by Gasteiger charge is -2.10. The molecule has 0 bridgehead atoms. The molecule has 0 radical (unpaired) electrons. The minimum atomic E-state index is -3.73. The van der Waals surface area contributed by atoms with Gasteiger partial charge < -0.3 is 9.88 Å². The lowest BCUT2D eigenvalue weighted by atomic mass is 10.2. The molecule has 1 amide bonds. The molecule has 0 saturated heterocycles. The Bertz CT molecular complexity index is 1310. The van der Waals surface area contributed by atoms with E-state index in [0.717, 1.165) is 16.6 Å². The zero-order valence-electron chi connectivity index (χ0n) is 15.8. The standard InChI is InChI=1S/C20H17ClN4O3S2/c1-13-10-14-11-15(21)2-7-18(14)25(13)12-19(26)23-16-3-5-17(6-4-16)30(27,28)24-20-22-8-9-29-20/h2-11H,12H2,1H3,(H,22,24)(H,23,26). The fourth-order valence-corrected chi connectivity index (χ4v) is 5.07. The monoisotopic (exact) mass is 460 g/mol. The fourth-order valence-electron chi connectivity index (χ4n) is 3.10. The van der Waals surface area contributed by atoms with Gasteiger partial charge in [0, 0.05) is 38.9 Å². The van der Waals surface area contributed by atoms with Crippen LogP contribution in [-0.4, -0.2) is 23.9 Å². The number of aromatic nitrogens is 2. The summed E-state index contributed by atoms with van der Waals surface area (Å²) in [7, 11) is -3.73. The molecular formula is C20H17ClN4O3S2. The average molecular weight is 461 g/mol. The number of aryl methyl sites for hydroxylation is 1. The number of amides is 1. The van der Waals surface area contributed by atoms with Crippen molar-refractivity contribution in [2.45, 2.75) is 18.4 Å². The molecule has 154 valence electrons. The number of carbonyl (C=O) groups excluding carboxylic acids is 1. The van der Waals surface area contributed by atoms with Crippen LogP contribution in [0.25, 0.3) is 10.9 Å². The maximum Gasteiger partial charge on any atom is 0.263 e. The van der Waals surface area contributed by atoms with Crippen LogP contribution in [0.3, 0.4) is 0 Å². The number of nitrogens with zero attached hydrogens (tertiary/aromatic N) is 2. The van der Waals surface area contributed by atoms with Crippen molar-refractivity contribution in [1.29, 1.82) is 0 Å². The van der Waals surface area contributed by atoms with E-state index in [9.17, 15) is 13.2 Å². The Balaban J connectivity index is 1.46. The molecule has 2 aromatic carbocycles. The SMILES string of the molecule is Cc1cc2cc(Cl)ccc2n1CC(=O)Nc1ccc(S(=O)(=O)Nc2nccs2)cc1. The summed E-state index contributed by atoms with van der Waals surface area (Å²) in [5.74, 6) is -0.220. The Hall–Kier alpha value is -2.88. The number of carbonyl (C=O) groups is 1. The van der Waals surface area contributed by atoms with E-state index in [1.807, 2.05) is 29.7 Å². The molecule has 0 aliphatic heterocycles. The highest BCUT2D eigenvalue weighted by molar-refractivity contribution is 7.93. The summed E-state index contributed by atoms with van der Waals surface area (Å²) < 4.78 is 29.1. The number of fused-ring (bicyclic) bond motifs is 1. The second-order valence-corrected chi connectivity index (χ2v) is 9.60. The summed E-state index contributed by atoms with van der Waals surface area (Å²) >= 11 is 7.23. The molecule has 0 aliphatic carbocycles. The van der Waals surface area contributed by atoms with Gasteiger partial charge in [-0.3, -0.25) is 9.52 Å². The zero-order chi connectivity index (χ0) is 21.3. The van der Waals surface area contributed by atoms with Gasteiger partial charge in [0.05, 0.1) is 4.90 Å². The molecule has 2 N–H and O–H groups in total. The number of anilines is 2. The highest BCUT2D eigenvalue weighted by Crippen LogP contribution is 2.24. The van der Waals surface area contributed by atoms with Gasteiger partial charge in [-0.25, -0.2) is 13.4 Å². The van der Waals surface area contributed by atoms with Crippen molar-refractivity contribution in [3.8, 4) is 0 Å². The fraction of sp³-hybridized carbons (Fsp3) is 0.100. The normalized spacial score (nSPS) is 11.5. The van der Waals surface area contributed by atoms with Crippen LogP contribution in [0.4, 0.5) is 10.8 Å². The van der Waals surface area contributed by atoms with Crippen molar-refractivity contribution in [1.82, 2.24) is 9.55 Å². The lowest BCUT2D eigenvalue weighted by molar-refractivity contribution is -0.116. The van der Waals surface area contributed by atoms with E-state index in [2.05, 4.69) is 15.0 Å². The maximum absolute atomic E-state index is 12.5. The molecule has 0 saturated carbocycles. The highest BCUT2D eigenvalue weighted by Gasteiger charge is 2.16. The minimum Gasteiger partial charge on any atom is -0.335 e. The Kier molecular flexibility index (Phi) is 5.50. The number of rotatable bonds is 6. The number of thiazole rings is 1. The average Bonchev–Trinajstić information content (AvgIpc) is 3.29. The van der Waals surface area contributed by atoms with Crippen LogP contribution in [0, 0.1) is 6.92 Å². The van der Waals surface area contributed by atoms with E-state index >= 15 is 0 Å². The number of halogens is 1. The molecule has 0 spiro atoms. The van der Waals surface area contributed by atoms with Gasteiger partial charge in [0.1, 0.15) is 6.54 Å². The molecule has 10 heteroatoms. The molecule has 0 atom stereocenters. The van der Waals surface area contributed by atoms with Crippen molar-refractivity contribution >= 4 is 60.6 Å². The van der Waals surface area contributed by atoms with Crippen molar-refractivity contribution in [3.63, 3.8) is 0 Å². The summed E-state index contributed by atoms with van der Waals surface area (Å²) in [4.78, 5) is 16.5. The number of hydrogen-bond acceptors (Lipinski definition) is 5. The Morgan fingerprint density at radius 2 is 1.93 bits per heavy atom. The molecule has 4 aromatic rings. The van der Waals surface area contributed by atoms with Crippen LogP contribution in [-0.2, 0) is 21.4 Å². The van der Waals surface area contributed by atoms with Gasteiger partial charge in [0.25, 0.3) is 10.0 Å². The number of hydrogen-bond donors (Lipinski definition) is 2. The van der Waals surface area contributed by atoms with Crippen molar-refractivity contribution < 1.29 is 13.2 Å². The van der Waals surface area contributed by atoms with Crippen LogP contribution >= 0.6 is 22.9 Å². The first-order chi connectivity index (χ1) is 14.3. The number of sulfonamides is 1. The highest BCUT2D eigenvalue weighted by atomic mass is 35.5. The summed E-state index contributed by atoms with van der Waals surface area (Å²) in [5, 5.41) is 6.38. The largest absolute Gasteiger partial charge is 0.335 e. The van der Waals surface area contributed by atoms with E-state index in [0.29, 0.717) is 15.8 Å². The molecule has 7 nitrogen and oxygen atoms in total. The molecule has 2 heterocycles. The maximum atomic E-state index is 12.5. The van der Waals surface area contributed by atoms with Gasteiger partial charge in [-0.05, 0) is 55.5 Å². The van der Waals surface area contributed by atoms with E-state index in [1.54, 1.807) is 23.6 Å². The third kappa shape index (κ3) is 4.33. The quantitative estimate of drug-likeness (QED) is 0.443. The summed E-state index contributed by atoms with van der Waals surface area (Å²) in [6, 6.07) is 13.5. The summed E-state index contributed by atoms with van der Waals surface area (Å²) in [6.45, 7) is 2.05. The van der Waals surface area contributed by atoms with Gasteiger partial charge >= 0.3 is 0 Å². The molecule has 0 unspecified atom stereocenters. The Labute approximate surface area is 182 Å². The third-order valence-corrected chi connectivity index (χ3v) is 6.88. The lowest BCUT2D eigenvalue weighted by Crippen LogP contribution is -2.19. The first kappa shape index (κ1) is 20.4. The Morgan fingerprint density at radius 1 is 1.17 bits per heavy atom. The summed E-state index contributed by atoms with van der Waals surface area (Å²) in [5.41, 5.74) is 2.37. The number of nitrogens with one attached hydrogen (secondary N) is 2. The first-order valence-electron chi connectivity index (χ1n) is 8.89. The second kappa shape index (κ2) is 8.10. The van der Waals surface area contributed by atoms with Gasteiger partial charge in [-0.2, -0.15) is 0 Å². The van der Waals surface area contributed by atoms with Crippen LogP contribution < -0.4 is 10.0 Å². The van der Waals surface area contributed by atoms with Crippen LogP contribution in [0.15, 0.2) is 65.0 Å². The summed E-state index contributed by atoms with van der Waals surface area (Å²) in [6.07, 6.45) is 1.52. The topological polar surface area (TPSA) is 93.1 Å². The Morgan fingerprint density at radius 3 is 2.63 bits per heavy atom. The molecule has 2 aromatic heterocycles. The van der Waals surface area contributed by atoms with Gasteiger partial charge in [0.15, 0.2) is 5.13 Å². The van der Waals surface area contributed by atoms with Gasteiger partial charge in [-0.15, -0.1) is 11.3 Å². The minimum absolute atomic E-state index is 0.0832.